The first-order chi connectivity index (χ1) is 8.58. The van der Waals surface area contributed by atoms with E-state index in [9.17, 15) is 14.0 Å². The van der Waals surface area contributed by atoms with Gasteiger partial charge in [0.15, 0.2) is 0 Å². The van der Waals surface area contributed by atoms with Gasteiger partial charge in [0.2, 0.25) is 0 Å². The van der Waals surface area contributed by atoms with Crippen molar-refractivity contribution >= 4 is 17.6 Å². The maximum atomic E-state index is 13.4. The Labute approximate surface area is 103 Å². The zero-order chi connectivity index (χ0) is 13.1. The lowest BCUT2D eigenvalue weighted by molar-refractivity contribution is -0.124. The van der Waals surface area contributed by atoms with Crippen LogP contribution >= 0.6 is 0 Å². The highest BCUT2D eigenvalue weighted by atomic mass is 19.1. The number of hydrogen-bond donors (Lipinski definition) is 2. The second-order valence-electron chi connectivity index (χ2n) is 3.99. The topological polar surface area (TPSA) is 75.6 Å². The van der Waals surface area contributed by atoms with Crippen LogP contribution in [0.5, 0.6) is 0 Å². The molecule has 2 rings (SSSR count). The first-order valence-corrected chi connectivity index (χ1v) is 5.53. The van der Waals surface area contributed by atoms with Gasteiger partial charge in [-0.25, -0.2) is 9.18 Å². The van der Waals surface area contributed by atoms with E-state index in [1.54, 1.807) is 0 Å². The van der Waals surface area contributed by atoms with E-state index in [2.05, 4.69) is 5.32 Å². The van der Waals surface area contributed by atoms with Crippen LogP contribution in [0.2, 0.25) is 0 Å². The summed E-state index contributed by atoms with van der Waals surface area (Å²) in [6, 6.07) is 3.23. The summed E-state index contributed by atoms with van der Waals surface area (Å²) in [6.45, 7) is 0.510. The number of ether oxygens (including phenoxy) is 1. The van der Waals surface area contributed by atoms with Gasteiger partial charge in [-0.1, -0.05) is 0 Å². The van der Waals surface area contributed by atoms with Gasteiger partial charge in [0.1, 0.15) is 11.9 Å². The van der Waals surface area contributed by atoms with Crippen molar-refractivity contribution in [3.8, 4) is 0 Å². The van der Waals surface area contributed by atoms with Gasteiger partial charge in [-0.3, -0.25) is 4.79 Å². The lowest BCUT2D eigenvalue weighted by atomic mass is 10.1. The number of anilines is 1. The third kappa shape index (κ3) is 2.65. The van der Waals surface area contributed by atoms with Crippen LogP contribution < -0.4 is 5.32 Å². The maximum absolute atomic E-state index is 13.4. The Kier molecular flexibility index (Phi) is 3.57. The van der Waals surface area contributed by atoms with Crippen molar-refractivity contribution in [2.45, 2.75) is 18.9 Å². The number of rotatable bonds is 3. The molecule has 1 aliphatic rings. The summed E-state index contributed by atoms with van der Waals surface area (Å²) in [6.07, 6.45) is 0.792. The first-order valence-electron chi connectivity index (χ1n) is 5.53. The number of benzene rings is 1. The Morgan fingerprint density at radius 1 is 1.44 bits per heavy atom. The molecule has 96 valence electrons. The highest BCUT2D eigenvalue weighted by Gasteiger charge is 2.24. The molecule has 0 saturated carbocycles. The average molecular weight is 253 g/mol. The summed E-state index contributed by atoms with van der Waals surface area (Å²) >= 11 is 0. The summed E-state index contributed by atoms with van der Waals surface area (Å²) in [7, 11) is 0. The molecule has 1 saturated heterocycles. The van der Waals surface area contributed by atoms with Crippen molar-refractivity contribution in [3.05, 3.63) is 29.6 Å². The zero-order valence-corrected chi connectivity index (χ0v) is 9.48. The van der Waals surface area contributed by atoms with Gasteiger partial charge in [-0.2, -0.15) is 0 Å². The van der Waals surface area contributed by atoms with E-state index in [-0.39, 0.29) is 11.3 Å². The van der Waals surface area contributed by atoms with E-state index in [1.165, 1.54) is 0 Å². The van der Waals surface area contributed by atoms with Gasteiger partial charge in [-0.05, 0) is 31.0 Å². The molecule has 1 aliphatic heterocycles. The summed E-state index contributed by atoms with van der Waals surface area (Å²) in [4.78, 5) is 22.4. The van der Waals surface area contributed by atoms with E-state index >= 15 is 0 Å². The molecule has 1 heterocycles. The molecule has 0 aliphatic carbocycles. The normalized spacial score (nSPS) is 18.6. The Morgan fingerprint density at radius 3 is 2.83 bits per heavy atom. The van der Waals surface area contributed by atoms with E-state index in [4.69, 9.17) is 9.84 Å². The van der Waals surface area contributed by atoms with Crippen LogP contribution in [0.25, 0.3) is 0 Å². The Bertz CT molecular complexity index is 483. The Balaban J connectivity index is 2.14. The van der Waals surface area contributed by atoms with Crippen LogP contribution in [0, 0.1) is 5.82 Å². The van der Waals surface area contributed by atoms with Crippen LogP contribution in [0.1, 0.15) is 23.2 Å². The van der Waals surface area contributed by atoms with Gasteiger partial charge in [0, 0.05) is 6.61 Å². The predicted molar refractivity (Wildman–Crippen MR) is 61.0 cm³/mol. The van der Waals surface area contributed by atoms with Gasteiger partial charge < -0.3 is 15.2 Å². The summed E-state index contributed by atoms with van der Waals surface area (Å²) in [5, 5.41) is 11.1. The largest absolute Gasteiger partial charge is 0.478 e. The van der Waals surface area contributed by atoms with Crippen molar-refractivity contribution in [2.75, 3.05) is 11.9 Å². The fraction of sp³-hybridized carbons (Fsp3) is 0.333. The van der Waals surface area contributed by atoms with Crippen molar-refractivity contribution in [1.29, 1.82) is 0 Å². The molecule has 1 atom stereocenters. The highest BCUT2D eigenvalue weighted by molar-refractivity contribution is 5.96. The summed E-state index contributed by atoms with van der Waals surface area (Å²) in [5.74, 6) is -2.30. The van der Waals surface area contributed by atoms with Crippen LogP contribution in [0.15, 0.2) is 18.2 Å². The van der Waals surface area contributed by atoms with E-state index in [0.29, 0.717) is 13.0 Å². The molecular formula is C12H12FNO4. The standard InChI is InChI=1S/C12H12FNO4/c13-8-4-3-7(12(16)17)6-9(8)14-11(15)10-2-1-5-18-10/h3-4,6,10H,1-2,5H2,(H,14,15)(H,16,17). The minimum Gasteiger partial charge on any atom is -0.478 e. The molecule has 1 aromatic rings. The van der Waals surface area contributed by atoms with E-state index in [1.807, 2.05) is 0 Å². The van der Waals surface area contributed by atoms with Gasteiger partial charge in [0.05, 0.1) is 11.3 Å². The molecule has 5 nitrogen and oxygen atoms in total. The number of aromatic carboxylic acids is 1. The Hall–Kier alpha value is -1.95. The van der Waals surface area contributed by atoms with Crippen molar-refractivity contribution in [3.63, 3.8) is 0 Å². The molecular weight excluding hydrogens is 241 g/mol. The molecule has 18 heavy (non-hydrogen) atoms. The first kappa shape index (κ1) is 12.5. The average Bonchev–Trinajstić information content (AvgIpc) is 2.85. The molecule has 0 spiro atoms. The number of carbonyl (C=O) groups excluding carboxylic acids is 1. The molecule has 2 N–H and O–H groups in total. The van der Waals surface area contributed by atoms with Crippen molar-refractivity contribution in [2.24, 2.45) is 0 Å². The lowest BCUT2D eigenvalue weighted by Crippen LogP contribution is -2.27. The number of halogens is 1. The fourth-order valence-electron chi connectivity index (χ4n) is 1.75. The molecule has 6 heteroatoms. The second-order valence-corrected chi connectivity index (χ2v) is 3.99. The molecule has 0 aromatic heterocycles. The number of amides is 1. The monoisotopic (exact) mass is 253 g/mol. The van der Waals surface area contributed by atoms with Crippen molar-refractivity contribution in [1.82, 2.24) is 0 Å². The molecule has 0 radical (unpaired) electrons. The van der Waals surface area contributed by atoms with E-state index < -0.39 is 23.8 Å². The minimum absolute atomic E-state index is 0.0842. The number of nitrogens with one attached hydrogen (secondary N) is 1. The molecule has 1 amide bonds. The highest BCUT2D eigenvalue weighted by Crippen LogP contribution is 2.19. The van der Waals surface area contributed by atoms with Crippen LogP contribution in [-0.4, -0.2) is 29.7 Å². The number of carboxylic acid groups (broad SMARTS) is 1. The predicted octanol–water partition coefficient (Wildman–Crippen LogP) is 1.64. The van der Waals surface area contributed by atoms with Crippen molar-refractivity contribution < 1.29 is 23.8 Å². The number of carbonyl (C=O) groups is 2. The third-order valence-corrected chi connectivity index (χ3v) is 2.69. The molecule has 1 unspecified atom stereocenters. The van der Waals surface area contributed by atoms with Crippen LogP contribution in [0.4, 0.5) is 10.1 Å². The minimum atomic E-state index is -1.18. The van der Waals surface area contributed by atoms with Gasteiger partial charge >= 0.3 is 5.97 Å². The number of carboxylic acids is 1. The number of hydrogen-bond acceptors (Lipinski definition) is 3. The SMILES string of the molecule is O=C(O)c1ccc(F)c(NC(=O)C2CCCO2)c1. The second kappa shape index (κ2) is 5.14. The fourth-order valence-corrected chi connectivity index (χ4v) is 1.75. The Morgan fingerprint density at radius 2 is 2.22 bits per heavy atom. The smallest absolute Gasteiger partial charge is 0.335 e. The summed E-state index contributed by atoms with van der Waals surface area (Å²) in [5.41, 5.74) is -0.227. The van der Waals surface area contributed by atoms with Gasteiger partial charge in [-0.15, -0.1) is 0 Å². The quantitative estimate of drug-likeness (QED) is 0.858. The molecule has 1 aromatic carbocycles. The van der Waals surface area contributed by atoms with E-state index in [0.717, 1.165) is 24.6 Å². The molecule has 1 fully saturated rings. The summed E-state index contributed by atoms with van der Waals surface area (Å²) < 4.78 is 18.6. The zero-order valence-electron chi connectivity index (χ0n) is 9.48. The van der Waals surface area contributed by atoms with Gasteiger partial charge in [0.25, 0.3) is 5.91 Å². The maximum Gasteiger partial charge on any atom is 0.335 e. The molecule has 0 bridgehead atoms. The van der Waals surface area contributed by atoms with Crippen LogP contribution in [0.3, 0.4) is 0 Å². The lowest BCUT2D eigenvalue weighted by Gasteiger charge is -2.11. The third-order valence-electron chi connectivity index (χ3n) is 2.69. The van der Waals surface area contributed by atoms with Crippen LogP contribution in [-0.2, 0) is 9.53 Å².